The molecule has 3 aromatic rings. The summed E-state index contributed by atoms with van der Waals surface area (Å²) in [6.45, 7) is 0.486. The highest BCUT2D eigenvalue weighted by atomic mass is 19.1. The molecular formula is C19H16FNO. The van der Waals surface area contributed by atoms with Crippen LogP contribution in [0.1, 0.15) is 5.56 Å². The lowest BCUT2D eigenvalue weighted by molar-refractivity contribution is 0.306. The van der Waals surface area contributed by atoms with E-state index in [0.717, 1.165) is 16.7 Å². The lowest BCUT2D eigenvalue weighted by Crippen LogP contribution is -1.97. The molecule has 2 N–H and O–H groups in total. The van der Waals surface area contributed by atoms with E-state index in [2.05, 4.69) is 0 Å². The van der Waals surface area contributed by atoms with Gasteiger partial charge >= 0.3 is 0 Å². The molecule has 0 bridgehead atoms. The SMILES string of the molecule is Nc1cc(OCc2ccccc2)ccc1-c1cccc(F)c1. The average molecular weight is 293 g/mol. The highest BCUT2D eigenvalue weighted by Crippen LogP contribution is 2.30. The lowest BCUT2D eigenvalue weighted by atomic mass is 10.0. The zero-order chi connectivity index (χ0) is 15.4. The summed E-state index contributed by atoms with van der Waals surface area (Å²) in [4.78, 5) is 0. The van der Waals surface area contributed by atoms with Gasteiger partial charge in [-0.15, -0.1) is 0 Å². The van der Waals surface area contributed by atoms with Gasteiger partial charge in [-0.1, -0.05) is 42.5 Å². The van der Waals surface area contributed by atoms with Crippen molar-refractivity contribution in [2.24, 2.45) is 0 Å². The molecule has 0 aliphatic carbocycles. The molecule has 0 aliphatic rings. The molecular weight excluding hydrogens is 277 g/mol. The fraction of sp³-hybridized carbons (Fsp3) is 0.0526. The standard InChI is InChI=1S/C19H16FNO/c20-16-8-4-7-15(11-16)18-10-9-17(12-19(18)21)22-13-14-5-2-1-3-6-14/h1-12H,13,21H2. The minimum absolute atomic E-state index is 0.277. The number of hydrogen-bond acceptors (Lipinski definition) is 2. The first-order chi connectivity index (χ1) is 10.7. The normalized spacial score (nSPS) is 10.4. The van der Waals surface area contributed by atoms with Crippen LogP contribution in [-0.2, 0) is 6.61 Å². The van der Waals surface area contributed by atoms with Gasteiger partial charge in [0, 0.05) is 17.3 Å². The summed E-state index contributed by atoms with van der Waals surface area (Å²) in [5.74, 6) is 0.419. The first-order valence-electron chi connectivity index (χ1n) is 7.04. The average Bonchev–Trinajstić information content (AvgIpc) is 2.54. The Labute approximate surface area is 129 Å². The molecule has 110 valence electrons. The van der Waals surface area contributed by atoms with Gasteiger partial charge in [-0.25, -0.2) is 4.39 Å². The van der Waals surface area contributed by atoms with Crippen molar-refractivity contribution >= 4 is 5.69 Å². The van der Waals surface area contributed by atoms with Crippen LogP contribution in [0.4, 0.5) is 10.1 Å². The Kier molecular flexibility index (Phi) is 4.05. The number of anilines is 1. The summed E-state index contributed by atoms with van der Waals surface area (Å²) < 4.78 is 19.0. The Hall–Kier alpha value is -2.81. The lowest BCUT2D eigenvalue weighted by Gasteiger charge is -2.10. The summed E-state index contributed by atoms with van der Waals surface area (Å²) in [6, 6.07) is 21.8. The molecule has 2 nitrogen and oxygen atoms in total. The van der Waals surface area contributed by atoms with Gasteiger partial charge in [0.25, 0.3) is 0 Å². The zero-order valence-corrected chi connectivity index (χ0v) is 12.0. The van der Waals surface area contributed by atoms with Crippen molar-refractivity contribution in [1.29, 1.82) is 0 Å². The van der Waals surface area contributed by atoms with Crippen LogP contribution in [0.5, 0.6) is 5.75 Å². The number of nitrogens with two attached hydrogens (primary N) is 1. The Morgan fingerprint density at radius 3 is 2.41 bits per heavy atom. The zero-order valence-electron chi connectivity index (χ0n) is 12.0. The Morgan fingerprint density at radius 2 is 1.68 bits per heavy atom. The number of nitrogen functional groups attached to an aromatic ring is 1. The van der Waals surface area contributed by atoms with Crippen LogP contribution < -0.4 is 10.5 Å². The third-order valence-corrected chi connectivity index (χ3v) is 3.41. The third kappa shape index (κ3) is 3.26. The van der Waals surface area contributed by atoms with E-state index in [4.69, 9.17) is 10.5 Å². The highest BCUT2D eigenvalue weighted by Gasteiger charge is 2.05. The number of ether oxygens (including phenoxy) is 1. The highest BCUT2D eigenvalue weighted by molar-refractivity contribution is 5.77. The van der Waals surface area contributed by atoms with Gasteiger partial charge in [0.1, 0.15) is 18.2 Å². The van der Waals surface area contributed by atoms with Crippen molar-refractivity contribution < 1.29 is 9.13 Å². The van der Waals surface area contributed by atoms with E-state index in [-0.39, 0.29) is 5.82 Å². The molecule has 0 spiro atoms. The monoisotopic (exact) mass is 293 g/mol. The van der Waals surface area contributed by atoms with Gasteiger partial charge in [-0.3, -0.25) is 0 Å². The van der Waals surface area contributed by atoms with E-state index in [1.807, 2.05) is 48.5 Å². The summed E-state index contributed by atoms with van der Waals surface area (Å²) in [7, 11) is 0. The molecule has 0 amide bonds. The number of benzene rings is 3. The fourth-order valence-corrected chi connectivity index (χ4v) is 2.29. The van der Waals surface area contributed by atoms with Crippen LogP contribution in [0.3, 0.4) is 0 Å². The van der Waals surface area contributed by atoms with E-state index in [1.54, 1.807) is 12.1 Å². The summed E-state index contributed by atoms with van der Waals surface area (Å²) in [5, 5.41) is 0. The molecule has 3 aromatic carbocycles. The van der Waals surface area contributed by atoms with Crippen molar-refractivity contribution in [3.05, 3.63) is 84.2 Å². The van der Waals surface area contributed by atoms with Gasteiger partial charge in [0.05, 0.1) is 0 Å². The number of hydrogen-bond donors (Lipinski definition) is 1. The molecule has 0 aliphatic heterocycles. The molecule has 0 unspecified atom stereocenters. The van der Waals surface area contributed by atoms with Gasteiger partial charge in [-0.2, -0.15) is 0 Å². The van der Waals surface area contributed by atoms with Crippen molar-refractivity contribution in [2.45, 2.75) is 6.61 Å². The van der Waals surface area contributed by atoms with Crippen molar-refractivity contribution in [2.75, 3.05) is 5.73 Å². The Bertz CT molecular complexity index is 771. The first kappa shape index (κ1) is 14.1. The molecule has 0 radical (unpaired) electrons. The number of rotatable bonds is 4. The maximum Gasteiger partial charge on any atom is 0.123 e. The minimum atomic E-state index is -0.277. The number of halogens is 1. The predicted molar refractivity (Wildman–Crippen MR) is 87.0 cm³/mol. The van der Waals surface area contributed by atoms with Crippen molar-refractivity contribution in [3.8, 4) is 16.9 Å². The molecule has 0 aromatic heterocycles. The fourth-order valence-electron chi connectivity index (χ4n) is 2.29. The summed E-state index contributed by atoms with van der Waals surface area (Å²) >= 11 is 0. The molecule has 0 heterocycles. The quantitative estimate of drug-likeness (QED) is 0.710. The summed E-state index contributed by atoms with van der Waals surface area (Å²) in [5.41, 5.74) is 9.28. The largest absolute Gasteiger partial charge is 0.489 e. The Morgan fingerprint density at radius 1 is 0.864 bits per heavy atom. The molecule has 3 rings (SSSR count). The molecule has 0 saturated carbocycles. The molecule has 0 atom stereocenters. The third-order valence-electron chi connectivity index (χ3n) is 3.41. The second kappa shape index (κ2) is 6.31. The van der Waals surface area contributed by atoms with Crippen LogP contribution >= 0.6 is 0 Å². The van der Waals surface area contributed by atoms with Crippen LogP contribution in [0.25, 0.3) is 11.1 Å². The van der Waals surface area contributed by atoms with Gasteiger partial charge in [-0.05, 0) is 35.4 Å². The van der Waals surface area contributed by atoms with E-state index in [9.17, 15) is 4.39 Å². The van der Waals surface area contributed by atoms with Crippen LogP contribution in [0.15, 0.2) is 72.8 Å². The molecule has 0 fully saturated rings. The predicted octanol–water partition coefficient (Wildman–Crippen LogP) is 4.65. The van der Waals surface area contributed by atoms with Crippen LogP contribution in [-0.4, -0.2) is 0 Å². The van der Waals surface area contributed by atoms with Crippen molar-refractivity contribution in [3.63, 3.8) is 0 Å². The topological polar surface area (TPSA) is 35.2 Å². The van der Waals surface area contributed by atoms with Gasteiger partial charge in [0.2, 0.25) is 0 Å². The second-order valence-corrected chi connectivity index (χ2v) is 5.03. The molecule has 0 saturated heterocycles. The van der Waals surface area contributed by atoms with E-state index in [0.29, 0.717) is 18.0 Å². The van der Waals surface area contributed by atoms with Gasteiger partial charge in [0.15, 0.2) is 0 Å². The van der Waals surface area contributed by atoms with Gasteiger partial charge < -0.3 is 10.5 Å². The summed E-state index contributed by atoms with van der Waals surface area (Å²) in [6.07, 6.45) is 0. The van der Waals surface area contributed by atoms with E-state index in [1.165, 1.54) is 12.1 Å². The minimum Gasteiger partial charge on any atom is -0.489 e. The van der Waals surface area contributed by atoms with E-state index >= 15 is 0 Å². The van der Waals surface area contributed by atoms with Crippen LogP contribution in [0, 0.1) is 5.82 Å². The molecule has 22 heavy (non-hydrogen) atoms. The smallest absolute Gasteiger partial charge is 0.123 e. The molecule has 3 heteroatoms. The maximum atomic E-state index is 13.3. The first-order valence-corrected chi connectivity index (χ1v) is 7.04. The van der Waals surface area contributed by atoms with E-state index < -0.39 is 0 Å². The van der Waals surface area contributed by atoms with Crippen molar-refractivity contribution in [1.82, 2.24) is 0 Å². The maximum absolute atomic E-state index is 13.3. The Balaban J connectivity index is 1.77. The second-order valence-electron chi connectivity index (χ2n) is 5.03. The van der Waals surface area contributed by atoms with Crippen LogP contribution in [0.2, 0.25) is 0 Å².